The molecule has 0 aliphatic carbocycles. The van der Waals surface area contributed by atoms with Crippen molar-refractivity contribution in [1.29, 1.82) is 0 Å². The molecule has 0 fully saturated rings. The van der Waals surface area contributed by atoms with Crippen LogP contribution in [0.25, 0.3) is 0 Å². The molecule has 0 radical (unpaired) electrons. The molecule has 0 aliphatic heterocycles. The smallest absolute Gasteiger partial charge is 0.319 e. The van der Waals surface area contributed by atoms with Crippen molar-refractivity contribution in [2.45, 2.75) is 46.6 Å². The van der Waals surface area contributed by atoms with Crippen LogP contribution in [-0.2, 0) is 0 Å². The van der Waals surface area contributed by atoms with Gasteiger partial charge in [0.05, 0.1) is 0 Å². The average molecular weight is 284 g/mol. The monoisotopic (exact) mass is 283 g/mol. The lowest BCUT2D eigenvalue weighted by Gasteiger charge is -2.33. The van der Waals surface area contributed by atoms with Crippen molar-refractivity contribution >= 4 is 23.3 Å². The van der Waals surface area contributed by atoms with E-state index in [4.69, 9.17) is 11.6 Å². The van der Waals surface area contributed by atoms with Crippen molar-refractivity contribution in [2.75, 3.05) is 5.32 Å². The minimum absolute atomic E-state index is 0.150. The largest absolute Gasteiger partial charge is 0.333 e. The maximum absolute atomic E-state index is 11.9. The van der Waals surface area contributed by atoms with Crippen LogP contribution in [0, 0.1) is 5.41 Å². The van der Waals surface area contributed by atoms with Crippen molar-refractivity contribution in [1.82, 2.24) is 10.3 Å². The molecular formula is C14H22ClN3O. The lowest BCUT2D eigenvalue weighted by molar-refractivity contribution is 0.220. The number of anilines is 1. The van der Waals surface area contributed by atoms with Crippen LogP contribution in [0.4, 0.5) is 10.5 Å². The molecule has 0 atom stereocenters. The third-order valence-electron chi connectivity index (χ3n) is 2.41. The van der Waals surface area contributed by atoms with E-state index in [-0.39, 0.29) is 17.0 Å². The Kier molecular flexibility index (Phi) is 4.80. The van der Waals surface area contributed by atoms with Crippen LogP contribution in [0.1, 0.15) is 41.0 Å². The quantitative estimate of drug-likeness (QED) is 0.822. The van der Waals surface area contributed by atoms with Crippen molar-refractivity contribution < 1.29 is 4.79 Å². The Morgan fingerprint density at radius 3 is 2.47 bits per heavy atom. The molecule has 4 nitrogen and oxygen atoms in total. The van der Waals surface area contributed by atoms with Crippen LogP contribution in [0.5, 0.6) is 0 Å². The molecular weight excluding hydrogens is 262 g/mol. The highest BCUT2D eigenvalue weighted by Gasteiger charge is 2.26. The van der Waals surface area contributed by atoms with E-state index in [1.54, 1.807) is 18.3 Å². The lowest BCUT2D eigenvalue weighted by Crippen LogP contribution is -2.47. The number of amides is 2. The topological polar surface area (TPSA) is 54.0 Å². The molecule has 0 unspecified atom stereocenters. The van der Waals surface area contributed by atoms with Gasteiger partial charge in [-0.2, -0.15) is 0 Å². The molecule has 0 saturated heterocycles. The standard InChI is InChI=1S/C14H22ClN3O/c1-13(2,3)9-14(4,5)18-12(19)17-10-6-7-16-11(15)8-10/h6-8H,9H2,1-5H3,(H2,16,17,18,19). The summed E-state index contributed by atoms with van der Waals surface area (Å²) in [5, 5.41) is 6.07. The fourth-order valence-corrected chi connectivity index (χ4v) is 2.49. The van der Waals surface area contributed by atoms with Gasteiger partial charge < -0.3 is 10.6 Å². The zero-order chi connectivity index (χ0) is 14.7. The Balaban J connectivity index is 2.60. The predicted octanol–water partition coefficient (Wildman–Crippen LogP) is 4.07. The third-order valence-corrected chi connectivity index (χ3v) is 2.62. The normalized spacial score (nSPS) is 12.1. The second kappa shape index (κ2) is 5.78. The summed E-state index contributed by atoms with van der Waals surface area (Å²) < 4.78 is 0. The first-order valence-corrected chi connectivity index (χ1v) is 6.66. The summed E-state index contributed by atoms with van der Waals surface area (Å²) >= 11 is 5.77. The van der Waals surface area contributed by atoms with E-state index >= 15 is 0 Å². The number of hydrogen-bond donors (Lipinski definition) is 2. The minimum Gasteiger partial charge on any atom is -0.333 e. The van der Waals surface area contributed by atoms with Gasteiger partial charge in [0, 0.05) is 17.4 Å². The van der Waals surface area contributed by atoms with Crippen molar-refractivity contribution in [2.24, 2.45) is 5.41 Å². The molecule has 1 aromatic rings. The van der Waals surface area contributed by atoms with Crippen LogP contribution in [0.15, 0.2) is 18.3 Å². The second-order valence-electron chi connectivity index (χ2n) is 6.57. The van der Waals surface area contributed by atoms with Gasteiger partial charge in [0.25, 0.3) is 0 Å². The van der Waals surface area contributed by atoms with Crippen LogP contribution in [0.2, 0.25) is 5.15 Å². The van der Waals surface area contributed by atoms with Crippen LogP contribution < -0.4 is 10.6 Å². The zero-order valence-electron chi connectivity index (χ0n) is 12.2. The van der Waals surface area contributed by atoms with Crippen LogP contribution >= 0.6 is 11.6 Å². The summed E-state index contributed by atoms with van der Waals surface area (Å²) in [5.41, 5.74) is 0.500. The number of carbonyl (C=O) groups excluding carboxylic acids is 1. The number of aromatic nitrogens is 1. The maximum atomic E-state index is 11.9. The van der Waals surface area contributed by atoms with Crippen molar-refractivity contribution in [3.05, 3.63) is 23.5 Å². The molecule has 106 valence electrons. The fourth-order valence-electron chi connectivity index (χ4n) is 2.32. The third kappa shape index (κ3) is 6.43. The highest BCUT2D eigenvalue weighted by molar-refractivity contribution is 6.29. The Bertz CT molecular complexity index is 452. The zero-order valence-corrected chi connectivity index (χ0v) is 12.9. The molecule has 19 heavy (non-hydrogen) atoms. The SMILES string of the molecule is CC(C)(C)CC(C)(C)NC(=O)Nc1ccnc(Cl)c1. The molecule has 2 amide bonds. The maximum Gasteiger partial charge on any atom is 0.319 e. The molecule has 0 aliphatic rings. The van der Waals surface area contributed by atoms with Crippen LogP contribution in [0.3, 0.4) is 0 Å². The van der Waals surface area contributed by atoms with Gasteiger partial charge in [-0.25, -0.2) is 9.78 Å². The molecule has 1 aromatic heterocycles. The van der Waals surface area contributed by atoms with Gasteiger partial charge in [-0.3, -0.25) is 0 Å². The number of nitrogens with one attached hydrogen (secondary N) is 2. The summed E-state index contributed by atoms with van der Waals surface area (Å²) in [6, 6.07) is 3.07. The van der Waals surface area contributed by atoms with Gasteiger partial charge in [0.2, 0.25) is 0 Å². The van der Waals surface area contributed by atoms with Gasteiger partial charge in [0.1, 0.15) is 5.15 Å². The number of hydrogen-bond acceptors (Lipinski definition) is 2. The first-order chi connectivity index (χ1) is 8.57. The Morgan fingerprint density at radius 2 is 1.95 bits per heavy atom. The van der Waals surface area contributed by atoms with Crippen molar-refractivity contribution in [3.8, 4) is 0 Å². The first-order valence-electron chi connectivity index (χ1n) is 6.28. The van der Waals surface area contributed by atoms with E-state index in [0.29, 0.717) is 10.8 Å². The number of pyridine rings is 1. The number of urea groups is 1. The van der Waals surface area contributed by atoms with E-state index in [1.807, 2.05) is 13.8 Å². The Morgan fingerprint density at radius 1 is 1.32 bits per heavy atom. The summed E-state index contributed by atoms with van der Waals surface area (Å²) in [5.74, 6) is 0. The Labute approximate surface area is 120 Å². The summed E-state index contributed by atoms with van der Waals surface area (Å²) in [6.45, 7) is 10.5. The van der Waals surface area contributed by atoms with E-state index in [9.17, 15) is 4.79 Å². The molecule has 1 heterocycles. The molecule has 5 heteroatoms. The minimum atomic E-state index is -0.279. The molecule has 0 bridgehead atoms. The van der Waals surface area contributed by atoms with Gasteiger partial charge in [-0.15, -0.1) is 0 Å². The van der Waals surface area contributed by atoms with E-state index in [0.717, 1.165) is 6.42 Å². The van der Waals surface area contributed by atoms with E-state index in [1.165, 1.54) is 0 Å². The number of rotatable bonds is 3. The molecule has 2 N–H and O–H groups in total. The fraction of sp³-hybridized carbons (Fsp3) is 0.571. The summed E-state index contributed by atoms with van der Waals surface area (Å²) in [7, 11) is 0. The number of nitrogens with zero attached hydrogens (tertiary/aromatic N) is 1. The number of halogens is 1. The summed E-state index contributed by atoms with van der Waals surface area (Å²) in [4.78, 5) is 15.8. The lowest BCUT2D eigenvalue weighted by atomic mass is 9.82. The first kappa shape index (κ1) is 15.8. The molecule has 0 saturated carbocycles. The second-order valence-corrected chi connectivity index (χ2v) is 6.95. The van der Waals surface area contributed by atoms with E-state index < -0.39 is 0 Å². The molecule has 0 spiro atoms. The highest BCUT2D eigenvalue weighted by Crippen LogP contribution is 2.26. The van der Waals surface area contributed by atoms with Gasteiger partial charge in [-0.1, -0.05) is 32.4 Å². The van der Waals surface area contributed by atoms with Crippen LogP contribution in [-0.4, -0.2) is 16.6 Å². The highest BCUT2D eigenvalue weighted by atomic mass is 35.5. The molecule has 1 rings (SSSR count). The van der Waals surface area contributed by atoms with Gasteiger partial charge in [-0.05, 0) is 37.8 Å². The number of carbonyl (C=O) groups is 1. The summed E-state index contributed by atoms with van der Waals surface area (Å²) in [6.07, 6.45) is 2.43. The van der Waals surface area contributed by atoms with Gasteiger partial charge >= 0.3 is 6.03 Å². The van der Waals surface area contributed by atoms with E-state index in [2.05, 4.69) is 36.4 Å². The molecule has 0 aromatic carbocycles. The van der Waals surface area contributed by atoms with Gasteiger partial charge in [0.15, 0.2) is 0 Å². The predicted molar refractivity (Wildman–Crippen MR) is 79.6 cm³/mol. The van der Waals surface area contributed by atoms with Crippen molar-refractivity contribution in [3.63, 3.8) is 0 Å². The average Bonchev–Trinajstić information content (AvgIpc) is 2.11. The Hall–Kier alpha value is -1.29.